The number of anilines is 1. The van der Waals surface area contributed by atoms with Gasteiger partial charge in [-0.2, -0.15) is 0 Å². The molecule has 2 aromatic carbocycles. The van der Waals surface area contributed by atoms with Crippen LogP contribution in [0, 0.1) is 5.82 Å². The fourth-order valence-electron chi connectivity index (χ4n) is 2.06. The van der Waals surface area contributed by atoms with Gasteiger partial charge in [0.15, 0.2) is 0 Å². The van der Waals surface area contributed by atoms with E-state index >= 15 is 0 Å². The first-order chi connectivity index (χ1) is 10.6. The second kappa shape index (κ2) is 7.55. The molecule has 0 saturated heterocycles. The predicted octanol–water partition coefficient (Wildman–Crippen LogP) is 4.99. The summed E-state index contributed by atoms with van der Waals surface area (Å²) in [6.07, 6.45) is 4.18. The van der Waals surface area contributed by atoms with E-state index in [-0.39, 0.29) is 11.7 Å². The van der Waals surface area contributed by atoms with Gasteiger partial charge in [0.2, 0.25) is 5.91 Å². The minimum atomic E-state index is -0.289. The van der Waals surface area contributed by atoms with Gasteiger partial charge in [-0.15, -0.1) is 0 Å². The van der Waals surface area contributed by atoms with Crippen molar-refractivity contribution < 1.29 is 9.18 Å². The Morgan fingerprint density at radius 1 is 1.14 bits per heavy atom. The van der Waals surface area contributed by atoms with Gasteiger partial charge in [0.1, 0.15) is 5.82 Å². The minimum absolute atomic E-state index is 0.208. The first kappa shape index (κ1) is 16.0. The first-order valence-corrected chi connectivity index (χ1v) is 7.43. The van der Waals surface area contributed by atoms with Crippen molar-refractivity contribution in [3.63, 3.8) is 0 Å². The molecule has 2 rings (SSSR count). The third kappa shape index (κ3) is 4.55. The number of hydrogen-bond acceptors (Lipinski definition) is 1. The van der Waals surface area contributed by atoms with Gasteiger partial charge >= 0.3 is 0 Å². The van der Waals surface area contributed by atoms with E-state index in [4.69, 9.17) is 0 Å². The molecule has 22 heavy (non-hydrogen) atoms. The van der Waals surface area contributed by atoms with E-state index in [0.29, 0.717) is 5.92 Å². The largest absolute Gasteiger partial charge is 0.323 e. The maximum atomic E-state index is 12.8. The maximum Gasteiger partial charge on any atom is 0.248 e. The number of nitrogens with one attached hydrogen (secondary N) is 1. The van der Waals surface area contributed by atoms with Crippen LogP contribution in [-0.2, 0) is 4.79 Å². The summed E-state index contributed by atoms with van der Waals surface area (Å²) in [5, 5.41) is 2.81. The molecular weight excluding hydrogens is 277 g/mol. The Labute approximate surface area is 130 Å². The van der Waals surface area contributed by atoms with Gasteiger partial charge in [0.05, 0.1) is 0 Å². The lowest BCUT2D eigenvalue weighted by Crippen LogP contribution is -2.07. The third-order valence-corrected chi connectivity index (χ3v) is 3.66. The van der Waals surface area contributed by atoms with Crippen LogP contribution in [0.5, 0.6) is 0 Å². The standard InChI is InChI=1S/C19H20FNO/c1-3-14(2)16-7-11-18(12-8-16)21-19(22)13-6-15-4-9-17(20)10-5-15/h4-14H,3H2,1-2H3,(H,21,22)/b13-6+/t14-/m1/s1. The summed E-state index contributed by atoms with van der Waals surface area (Å²) in [6, 6.07) is 13.9. The number of amides is 1. The van der Waals surface area contributed by atoms with Crippen molar-refractivity contribution in [3.05, 3.63) is 71.6 Å². The highest BCUT2D eigenvalue weighted by Crippen LogP contribution is 2.20. The van der Waals surface area contributed by atoms with Crippen LogP contribution in [0.3, 0.4) is 0 Å². The van der Waals surface area contributed by atoms with Gasteiger partial charge in [-0.25, -0.2) is 4.39 Å². The predicted molar refractivity (Wildman–Crippen MR) is 89.2 cm³/mol. The van der Waals surface area contributed by atoms with Crippen LogP contribution in [0.1, 0.15) is 37.3 Å². The Morgan fingerprint density at radius 3 is 2.36 bits per heavy atom. The van der Waals surface area contributed by atoms with Gasteiger partial charge in [-0.05, 0) is 53.8 Å². The smallest absolute Gasteiger partial charge is 0.248 e. The Hall–Kier alpha value is -2.42. The summed E-state index contributed by atoms with van der Waals surface area (Å²) in [5.74, 6) is 0.0201. The molecule has 114 valence electrons. The van der Waals surface area contributed by atoms with Gasteiger partial charge in [-0.3, -0.25) is 4.79 Å². The van der Waals surface area contributed by atoms with Crippen molar-refractivity contribution in [2.75, 3.05) is 5.32 Å². The molecule has 0 aliphatic heterocycles. The number of rotatable bonds is 5. The molecule has 0 aromatic heterocycles. The van der Waals surface area contributed by atoms with Crippen molar-refractivity contribution >= 4 is 17.7 Å². The Kier molecular flexibility index (Phi) is 5.48. The maximum absolute atomic E-state index is 12.8. The van der Waals surface area contributed by atoms with Crippen molar-refractivity contribution in [3.8, 4) is 0 Å². The van der Waals surface area contributed by atoms with E-state index in [9.17, 15) is 9.18 Å². The lowest BCUT2D eigenvalue weighted by Gasteiger charge is -2.09. The van der Waals surface area contributed by atoms with Crippen LogP contribution in [0.4, 0.5) is 10.1 Å². The molecule has 1 amide bonds. The molecule has 2 aromatic rings. The van der Waals surface area contributed by atoms with E-state index in [1.807, 2.05) is 24.3 Å². The van der Waals surface area contributed by atoms with E-state index < -0.39 is 0 Å². The van der Waals surface area contributed by atoms with E-state index in [1.165, 1.54) is 23.8 Å². The molecule has 0 aliphatic rings. The molecule has 0 spiro atoms. The zero-order valence-corrected chi connectivity index (χ0v) is 12.8. The topological polar surface area (TPSA) is 29.1 Å². The molecule has 0 bridgehead atoms. The summed E-state index contributed by atoms with van der Waals surface area (Å²) >= 11 is 0. The third-order valence-electron chi connectivity index (χ3n) is 3.66. The van der Waals surface area contributed by atoms with Crippen LogP contribution in [-0.4, -0.2) is 5.91 Å². The van der Waals surface area contributed by atoms with Crippen LogP contribution in [0.2, 0.25) is 0 Å². The molecular formula is C19H20FNO. The minimum Gasteiger partial charge on any atom is -0.323 e. The van der Waals surface area contributed by atoms with E-state index in [0.717, 1.165) is 17.7 Å². The van der Waals surface area contributed by atoms with Gasteiger partial charge < -0.3 is 5.32 Å². The number of carbonyl (C=O) groups is 1. The molecule has 0 saturated carbocycles. The van der Waals surface area contributed by atoms with Gasteiger partial charge in [-0.1, -0.05) is 38.1 Å². The average Bonchev–Trinajstić information content (AvgIpc) is 2.54. The molecule has 1 atom stereocenters. The highest BCUT2D eigenvalue weighted by atomic mass is 19.1. The SMILES string of the molecule is CC[C@@H](C)c1ccc(NC(=O)/C=C/c2ccc(F)cc2)cc1. The van der Waals surface area contributed by atoms with Crippen LogP contribution >= 0.6 is 0 Å². The summed E-state index contributed by atoms with van der Waals surface area (Å²) in [4.78, 5) is 11.9. The number of hydrogen-bond donors (Lipinski definition) is 1. The summed E-state index contributed by atoms with van der Waals surface area (Å²) in [6.45, 7) is 4.33. The van der Waals surface area contributed by atoms with Crippen molar-refractivity contribution in [1.29, 1.82) is 0 Å². The van der Waals surface area contributed by atoms with Gasteiger partial charge in [0, 0.05) is 11.8 Å². The van der Waals surface area contributed by atoms with Crippen molar-refractivity contribution in [2.24, 2.45) is 0 Å². The first-order valence-electron chi connectivity index (χ1n) is 7.43. The summed E-state index contributed by atoms with van der Waals surface area (Å²) < 4.78 is 12.8. The molecule has 1 N–H and O–H groups in total. The summed E-state index contributed by atoms with van der Waals surface area (Å²) in [7, 11) is 0. The van der Waals surface area contributed by atoms with Crippen molar-refractivity contribution in [2.45, 2.75) is 26.2 Å². The Morgan fingerprint density at radius 2 is 1.77 bits per heavy atom. The molecule has 0 aliphatic carbocycles. The van der Waals surface area contributed by atoms with Gasteiger partial charge in [0.25, 0.3) is 0 Å². The van der Waals surface area contributed by atoms with Crippen molar-refractivity contribution in [1.82, 2.24) is 0 Å². The molecule has 0 radical (unpaired) electrons. The molecule has 0 heterocycles. The van der Waals surface area contributed by atoms with E-state index in [2.05, 4.69) is 19.2 Å². The highest BCUT2D eigenvalue weighted by molar-refractivity contribution is 6.01. The Bertz CT molecular complexity index is 644. The zero-order valence-electron chi connectivity index (χ0n) is 12.8. The lowest BCUT2D eigenvalue weighted by atomic mass is 9.99. The molecule has 2 nitrogen and oxygen atoms in total. The molecule has 0 unspecified atom stereocenters. The molecule has 3 heteroatoms. The fourth-order valence-corrected chi connectivity index (χ4v) is 2.06. The number of halogens is 1. The van der Waals surface area contributed by atoms with Crippen LogP contribution in [0.25, 0.3) is 6.08 Å². The average molecular weight is 297 g/mol. The normalized spacial score (nSPS) is 12.3. The second-order valence-electron chi connectivity index (χ2n) is 5.31. The quantitative estimate of drug-likeness (QED) is 0.774. The monoisotopic (exact) mass is 297 g/mol. The zero-order chi connectivity index (χ0) is 15.9. The number of benzene rings is 2. The van der Waals surface area contributed by atoms with E-state index in [1.54, 1.807) is 18.2 Å². The van der Waals surface area contributed by atoms with Crippen LogP contribution in [0.15, 0.2) is 54.6 Å². The molecule has 0 fully saturated rings. The van der Waals surface area contributed by atoms with Crippen LogP contribution < -0.4 is 5.32 Å². The highest BCUT2D eigenvalue weighted by Gasteiger charge is 2.03. The second-order valence-corrected chi connectivity index (χ2v) is 5.31. The summed E-state index contributed by atoms with van der Waals surface area (Å²) in [5.41, 5.74) is 2.81. The lowest BCUT2D eigenvalue weighted by molar-refractivity contribution is -0.111. The number of carbonyl (C=O) groups excluding carboxylic acids is 1. The fraction of sp³-hybridized carbons (Fsp3) is 0.211. The Balaban J connectivity index is 1.95.